The molecule has 0 spiro atoms. The van der Waals surface area contributed by atoms with E-state index in [-0.39, 0.29) is 19.1 Å². The molecule has 1 fully saturated rings. The van der Waals surface area contributed by atoms with Crippen molar-refractivity contribution in [2.45, 2.75) is 45.5 Å². The van der Waals surface area contributed by atoms with Gasteiger partial charge in [0.1, 0.15) is 5.60 Å². The maximum Gasteiger partial charge on any atom is 0.471 e. The highest BCUT2D eigenvalue weighted by Crippen LogP contribution is 2.24. The van der Waals surface area contributed by atoms with Crippen molar-refractivity contribution in [3.05, 3.63) is 29.8 Å². The van der Waals surface area contributed by atoms with E-state index in [0.29, 0.717) is 13.1 Å². The van der Waals surface area contributed by atoms with Gasteiger partial charge in [-0.25, -0.2) is 4.79 Å². The van der Waals surface area contributed by atoms with Gasteiger partial charge in [-0.3, -0.25) is 4.79 Å². The van der Waals surface area contributed by atoms with Crippen molar-refractivity contribution in [2.24, 2.45) is 0 Å². The van der Waals surface area contributed by atoms with Gasteiger partial charge in [0.05, 0.1) is 6.04 Å². The summed E-state index contributed by atoms with van der Waals surface area (Å²) in [7, 11) is 0. The molecule has 1 aromatic rings. The Kier molecular flexibility index (Phi) is 6.46. The van der Waals surface area contributed by atoms with Gasteiger partial charge in [0, 0.05) is 31.9 Å². The van der Waals surface area contributed by atoms with Crippen molar-refractivity contribution in [1.82, 2.24) is 10.2 Å². The summed E-state index contributed by atoms with van der Waals surface area (Å²) in [4.78, 5) is 26.0. The Morgan fingerprint density at radius 3 is 2.25 bits per heavy atom. The fourth-order valence-corrected chi connectivity index (χ4v) is 2.91. The Morgan fingerprint density at radius 2 is 1.71 bits per heavy atom. The molecule has 2 rings (SSSR count). The van der Waals surface area contributed by atoms with Crippen molar-refractivity contribution >= 4 is 17.7 Å². The Balaban J connectivity index is 1.98. The number of anilines is 1. The average molecular weight is 401 g/mol. The first-order valence-corrected chi connectivity index (χ1v) is 9.07. The van der Waals surface area contributed by atoms with Crippen LogP contribution in [0, 0.1) is 0 Å². The molecule has 0 unspecified atom stereocenters. The van der Waals surface area contributed by atoms with Crippen LogP contribution in [0.4, 0.5) is 23.7 Å². The van der Waals surface area contributed by atoms with Crippen LogP contribution in [0.1, 0.15) is 39.3 Å². The van der Waals surface area contributed by atoms with Gasteiger partial charge in [0.25, 0.3) is 0 Å². The Hall–Kier alpha value is -2.45. The van der Waals surface area contributed by atoms with E-state index in [2.05, 4.69) is 5.32 Å². The second-order valence-electron chi connectivity index (χ2n) is 7.74. The third kappa shape index (κ3) is 6.03. The van der Waals surface area contributed by atoms with Gasteiger partial charge >= 0.3 is 18.2 Å². The molecular formula is C19H26F3N3O3. The van der Waals surface area contributed by atoms with Crippen LogP contribution < -0.4 is 10.2 Å². The molecule has 0 bridgehead atoms. The number of alkyl halides is 3. The van der Waals surface area contributed by atoms with Crippen LogP contribution in [0.2, 0.25) is 0 Å². The molecule has 0 aliphatic carbocycles. The van der Waals surface area contributed by atoms with Gasteiger partial charge in [-0.2, -0.15) is 13.2 Å². The lowest BCUT2D eigenvalue weighted by atomic mass is 10.1. The minimum atomic E-state index is -4.84. The van der Waals surface area contributed by atoms with E-state index in [4.69, 9.17) is 4.74 Å². The number of hydrogen-bond donors (Lipinski definition) is 1. The molecule has 2 amide bonds. The molecule has 156 valence electrons. The number of nitrogens with one attached hydrogen (secondary N) is 1. The highest BCUT2D eigenvalue weighted by molar-refractivity contribution is 5.82. The molecule has 0 aromatic heterocycles. The normalized spacial score (nSPS) is 16.5. The number of hydrogen-bond acceptors (Lipinski definition) is 4. The van der Waals surface area contributed by atoms with Crippen LogP contribution in [0.3, 0.4) is 0 Å². The zero-order valence-electron chi connectivity index (χ0n) is 16.5. The standard InChI is InChI=1S/C19H26F3N3O3/c1-13(23-17(27)28-18(2,3)4)14-6-5-7-15(12-14)24-8-10-25(11-9-24)16(26)19(20,21)22/h5-7,12-13H,8-11H2,1-4H3,(H,23,27)/t13-/m0/s1. The van der Waals surface area contributed by atoms with Crippen molar-refractivity contribution < 1.29 is 27.5 Å². The summed E-state index contributed by atoms with van der Waals surface area (Å²) in [5.41, 5.74) is 1.07. The van der Waals surface area contributed by atoms with Crippen LogP contribution in [0.5, 0.6) is 0 Å². The van der Waals surface area contributed by atoms with E-state index in [1.54, 1.807) is 20.8 Å². The number of halogens is 3. The third-order valence-corrected chi connectivity index (χ3v) is 4.28. The summed E-state index contributed by atoms with van der Waals surface area (Å²) in [5.74, 6) is -1.80. The number of alkyl carbamates (subject to hydrolysis) is 1. The second-order valence-corrected chi connectivity index (χ2v) is 7.74. The van der Waals surface area contributed by atoms with Crippen LogP contribution in [0.25, 0.3) is 0 Å². The zero-order chi connectivity index (χ0) is 21.1. The Morgan fingerprint density at radius 1 is 1.11 bits per heavy atom. The first-order valence-electron chi connectivity index (χ1n) is 9.07. The number of nitrogens with zero attached hydrogens (tertiary/aromatic N) is 2. The molecule has 28 heavy (non-hydrogen) atoms. The predicted molar refractivity (Wildman–Crippen MR) is 99.1 cm³/mol. The molecule has 1 aliphatic rings. The van der Waals surface area contributed by atoms with E-state index in [1.807, 2.05) is 36.1 Å². The van der Waals surface area contributed by atoms with Gasteiger partial charge in [-0.15, -0.1) is 0 Å². The van der Waals surface area contributed by atoms with Gasteiger partial charge in [-0.1, -0.05) is 12.1 Å². The first kappa shape index (κ1) is 21.8. The van der Waals surface area contributed by atoms with Crippen molar-refractivity contribution in [3.8, 4) is 0 Å². The van der Waals surface area contributed by atoms with Crippen molar-refractivity contribution in [3.63, 3.8) is 0 Å². The minimum absolute atomic E-state index is 0.00822. The molecule has 1 heterocycles. The van der Waals surface area contributed by atoms with Crippen LogP contribution in [-0.4, -0.2) is 54.9 Å². The molecule has 1 N–H and O–H groups in total. The van der Waals surface area contributed by atoms with E-state index >= 15 is 0 Å². The largest absolute Gasteiger partial charge is 0.471 e. The fraction of sp³-hybridized carbons (Fsp3) is 0.579. The summed E-state index contributed by atoms with van der Waals surface area (Å²) < 4.78 is 42.9. The maximum atomic E-state index is 12.6. The maximum absolute atomic E-state index is 12.6. The molecule has 0 radical (unpaired) electrons. The Bertz CT molecular complexity index is 708. The van der Waals surface area contributed by atoms with Gasteiger partial charge in [-0.05, 0) is 45.4 Å². The van der Waals surface area contributed by atoms with Gasteiger partial charge < -0.3 is 19.9 Å². The predicted octanol–water partition coefficient (Wildman–Crippen LogP) is 3.48. The summed E-state index contributed by atoms with van der Waals surface area (Å²) in [6, 6.07) is 7.11. The number of benzene rings is 1. The van der Waals surface area contributed by atoms with E-state index in [0.717, 1.165) is 16.2 Å². The Labute approximate surface area is 162 Å². The number of ether oxygens (including phenoxy) is 1. The topological polar surface area (TPSA) is 61.9 Å². The number of piperazine rings is 1. The van der Waals surface area contributed by atoms with Crippen LogP contribution in [0.15, 0.2) is 24.3 Å². The highest BCUT2D eigenvalue weighted by Gasteiger charge is 2.43. The summed E-state index contributed by atoms with van der Waals surface area (Å²) in [6.45, 7) is 7.78. The van der Waals surface area contributed by atoms with Crippen LogP contribution in [-0.2, 0) is 9.53 Å². The lowest BCUT2D eigenvalue weighted by Gasteiger charge is -2.36. The van der Waals surface area contributed by atoms with Crippen LogP contribution >= 0.6 is 0 Å². The van der Waals surface area contributed by atoms with Gasteiger partial charge in [0.2, 0.25) is 0 Å². The lowest BCUT2D eigenvalue weighted by molar-refractivity contribution is -0.185. The fourth-order valence-electron chi connectivity index (χ4n) is 2.91. The molecular weight excluding hydrogens is 375 g/mol. The third-order valence-electron chi connectivity index (χ3n) is 4.28. The van der Waals surface area contributed by atoms with E-state index < -0.39 is 23.8 Å². The second kappa shape index (κ2) is 8.28. The summed E-state index contributed by atoms with van der Waals surface area (Å²) in [6.07, 6.45) is -5.37. The number of carbonyl (C=O) groups is 2. The molecule has 6 nitrogen and oxygen atoms in total. The molecule has 0 saturated carbocycles. The number of rotatable bonds is 3. The van der Waals surface area contributed by atoms with Crippen molar-refractivity contribution in [2.75, 3.05) is 31.1 Å². The average Bonchev–Trinajstić information content (AvgIpc) is 2.59. The monoisotopic (exact) mass is 401 g/mol. The molecule has 1 atom stereocenters. The summed E-state index contributed by atoms with van der Waals surface area (Å²) in [5, 5.41) is 2.76. The van der Waals surface area contributed by atoms with Gasteiger partial charge in [0.15, 0.2) is 0 Å². The zero-order valence-corrected chi connectivity index (χ0v) is 16.5. The highest BCUT2D eigenvalue weighted by atomic mass is 19.4. The number of amides is 2. The lowest BCUT2D eigenvalue weighted by Crippen LogP contribution is -2.52. The van der Waals surface area contributed by atoms with Crippen molar-refractivity contribution in [1.29, 1.82) is 0 Å². The first-order chi connectivity index (χ1) is 12.9. The van der Waals surface area contributed by atoms with E-state index in [9.17, 15) is 22.8 Å². The summed E-state index contributed by atoms with van der Waals surface area (Å²) >= 11 is 0. The smallest absolute Gasteiger partial charge is 0.444 e. The molecule has 1 aromatic carbocycles. The molecule has 1 aliphatic heterocycles. The molecule has 9 heteroatoms. The van der Waals surface area contributed by atoms with E-state index in [1.165, 1.54) is 0 Å². The molecule has 1 saturated heterocycles. The minimum Gasteiger partial charge on any atom is -0.444 e. The number of carbonyl (C=O) groups excluding carboxylic acids is 2. The SMILES string of the molecule is C[C@H](NC(=O)OC(C)(C)C)c1cccc(N2CCN(C(=O)C(F)(F)F)CC2)c1. The quantitative estimate of drug-likeness (QED) is 0.842.